The van der Waals surface area contributed by atoms with Crippen LogP contribution in [0.3, 0.4) is 0 Å². The van der Waals surface area contributed by atoms with Gasteiger partial charge in [-0.05, 0) is 38.3 Å². The molecular formula is C20H23N7. The fourth-order valence-electron chi connectivity index (χ4n) is 3.27. The van der Waals surface area contributed by atoms with Crippen LogP contribution in [0.1, 0.15) is 37.1 Å². The maximum Gasteiger partial charge on any atom is 0.135 e. The zero-order valence-electron chi connectivity index (χ0n) is 15.6. The third-order valence-electron chi connectivity index (χ3n) is 4.74. The van der Waals surface area contributed by atoms with Crippen molar-refractivity contribution in [1.82, 2.24) is 30.2 Å². The topological polar surface area (TPSA) is 88.5 Å². The molecule has 7 heteroatoms. The van der Waals surface area contributed by atoms with Gasteiger partial charge >= 0.3 is 0 Å². The fourth-order valence-corrected chi connectivity index (χ4v) is 3.27. The first-order chi connectivity index (χ1) is 13.2. The molecule has 0 bridgehead atoms. The molecule has 0 aromatic carbocycles. The summed E-state index contributed by atoms with van der Waals surface area (Å²) in [5.41, 5.74) is 3.51. The Balaban J connectivity index is 1.70. The number of aromatic nitrogens is 5. The average Bonchev–Trinajstić information content (AvgIpc) is 2.69. The number of hydrogen-bond donors (Lipinski definition) is 2. The molecule has 0 aliphatic carbocycles. The van der Waals surface area contributed by atoms with Crippen LogP contribution >= 0.6 is 0 Å². The molecule has 1 aliphatic rings. The summed E-state index contributed by atoms with van der Waals surface area (Å²) in [6.07, 6.45) is 10.9. The first-order valence-electron chi connectivity index (χ1n) is 9.25. The summed E-state index contributed by atoms with van der Waals surface area (Å²) < 4.78 is 0. The number of pyridine rings is 1. The molecule has 4 heterocycles. The smallest absolute Gasteiger partial charge is 0.135 e. The lowest BCUT2D eigenvalue weighted by molar-refractivity contribution is 0.376. The van der Waals surface area contributed by atoms with Gasteiger partial charge in [0.15, 0.2) is 0 Å². The third kappa shape index (κ3) is 4.25. The van der Waals surface area contributed by atoms with Crippen molar-refractivity contribution < 1.29 is 0 Å². The third-order valence-corrected chi connectivity index (χ3v) is 4.74. The largest absolute Gasteiger partial charge is 0.339 e. The first kappa shape index (κ1) is 17.5. The second-order valence-corrected chi connectivity index (χ2v) is 7.05. The number of nitrogens with zero attached hydrogens (tertiary/aromatic N) is 5. The molecule has 0 unspecified atom stereocenters. The maximum absolute atomic E-state index is 4.80. The molecule has 2 N–H and O–H groups in total. The highest BCUT2D eigenvalue weighted by molar-refractivity contribution is 5.62. The molecule has 0 saturated carbocycles. The molecule has 1 fully saturated rings. The Bertz CT molecular complexity index is 905. The van der Waals surface area contributed by atoms with E-state index in [1.807, 2.05) is 25.3 Å². The first-order valence-corrected chi connectivity index (χ1v) is 9.25. The van der Waals surface area contributed by atoms with Crippen molar-refractivity contribution in [2.75, 3.05) is 11.9 Å². The minimum Gasteiger partial charge on any atom is -0.339 e. The van der Waals surface area contributed by atoms with Gasteiger partial charge < -0.3 is 10.6 Å². The highest BCUT2D eigenvalue weighted by atomic mass is 15.1. The van der Waals surface area contributed by atoms with Crippen LogP contribution in [0.15, 0.2) is 43.1 Å². The highest BCUT2D eigenvalue weighted by Crippen LogP contribution is 2.27. The number of nitrogens with one attached hydrogen (secondary N) is 2. The van der Waals surface area contributed by atoms with Crippen molar-refractivity contribution in [2.24, 2.45) is 0 Å². The summed E-state index contributed by atoms with van der Waals surface area (Å²) in [7, 11) is 0. The second kappa shape index (κ2) is 7.75. The van der Waals surface area contributed by atoms with Gasteiger partial charge in [-0.15, -0.1) is 0 Å². The van der Waals surface area contributed by atoms with E-state index in [4.69, 9.17) is 9.97 Å². The number of hydrogen-bond acceptors (Lipinski definition) is 7. The summed E-state index contributed by atoms with van der Waals surface area (Å²) >= 11 is 0. The zero-order chi connectivity index (χ0) is 18.6. The normalized spacial score (nSPS) is 19.6. The Morgan fingerprint density at radius 1 is 1.00 bits per heavy atom. The lowest BCUT2D eigenvalue weighted by atomic mass is 9.94. The SMILES string of the molecule is Cc1cncc(Nc2cc(-c3cnccn3)nc([C@H]3CC[C@@H](C)NC3)n2)c1. The quantitative estimate of drug-likeness (QED) is 0.737. The molecule has 2 atom stereocenters. The van der Waals surface area contributed by atoms with E-state index in [1.54, 1.807) is 24.8 Å². The average molecular weight is 361 g/mol. The summed E-state index contributed by atoms with van der Waals surface area (Å²) in [6.45, 7) is 5.12. The van der Waals surface area contributed by atoms with Crippen molar-refractivity contribution in [2.45, 2.75) is 38.6 Å². The van der Waals surface area contributed by atoms with Crippen LogP contribution in [-0.4, -0.2) is 37.5 Å². The number of rotatable bonds is 4. The van der Waals surface area contributed by atoms with Gasteiger partial charge in [0.05, 0.1) is 23.8 Å². The monoisotopic (exact) mass is 361 g/mol. The summed E-state index contributed by atoms with van der Waals surface area (Å²) in [5.74, 6) is 1.86. The molecule has 7 nitrogen and oxygen atoms in total. The molecule has 0 amide bonds. The molecule has 3 aromatic rings. The molecule has 0 spiro atoms. The van der Waals surface area contributed by atoms with Crippen LogP contribution in [0.25, 0.3) is 11.4 Å². The van der Waals surface area contributed by atoms with Crippen molar-refractivity contribution in [1.29, 1.82) is 0 Å². The lowest BCUT2D eigenvalue weighted by Gasteiger charge is -2.27. The van der Waals surface area contributed by atoms with Gasteiger partial charge in [-0.1, -0.05) is 0 Å². The van der Waals surface area contributed by atoms with E-state index in [9.17, 15) is 0 Å². The Morgan fingerprint density at radius 2 is 1.93 bits per heavy atom. The Morgan fingerprint density at radius 3 is 2.67 bits per heavy atom. The van der Waals surface area contributed by atoms with Crippen molar-refractivity contribution in [3.8, 4) is 11.4 Å². The van der Waals surface area contributed by atoms with Crippen molar-refractivity contribution >= 4 is 11.5 Å². The van der Waals surface area contributed by atoms with Gasteiger partial charge in [0.2, 0.25) is 0 Å². The van der Waals surface area contributed by atoms with Crippen LogP contribution in [-0.2, 0) is 0 Å². The molecule has 27 heavy (non-hydrogen) atoms. The molecule has 3 aromatic heterocycles. The van der Waals surface area contributed by atoms with E-state index in [1.165, 1.54) is 0 Å². The van der Waals surface area contributed by atoms with Crippen LogP contribution in [0, 0.1) is 6.92 Å². The molecule has 1 saturated heterocycles. The predicted octanol–water partition coefficient (Wildman–Crippen LogP) is 3.24. The molecule has 1 aliphatic heterocycles. The maximum atomic E-state index is 4.80. The zero-order valence-corrected chi connectivity index (χ0v) is 15.6. The Kier molecular flexibility index (Phi) is 5.02. The number of piperidine rings is 1. The summed E-state index contributed by atoms with van der Waals surface area (Å²) in [4.78, 5) is 22.4. The summed E-state index contributed by atoms with van der Waals surface area (Å²) in [5, 5.41) is 6.89. The van der Waals surface area contributed by atoms with Crippen LogP contribution in [0.2, 0.25) is 0 Å². The minimum atomic E-state index is 0.286. The van der Waals surface area contributed by atoms with Crippen molar-refractivity contribution in [3.63, 3.8) is 0 Å². The van der Waals surface area contributed by atoms with Gasteiger partial charge in [-0.3, -0.25) is 15.0 Å². The number of aryl methyl sites for hydroxylation is 1. The van der Waals surface area contributed by atoms with E-state index >= 15 is 0 Å². The summed E-state index contributed by atoms with van der Waals surface area (Å²) in [6, 6.07) is 4.50. The molecular weight excluding hydrogens is 338 g/mol. The lowest BCUT2D eigenvalue weighted by Crippen LogP contribution is -2.36. The van der Waals surface area contributed by atoms with Gasteiger partial charge in [-0.25, -0.2) is 9.97 Å². The standard InChI is InChI=1S/C20H23N7/c1-13-7-16(11-22-9-13)25-19-8-17(18-12-21-5-6-23-18)26-20(27-19)15-4-3-14(2)24-10-15/h5-9,11-12,14-15,24H,3-4,10H2,1-2H3,(H,25,26,27)/t14-,15+/m1/s1. The van der Waals surface area contributed by atoms with Crippen LogP contribution in [0.4, 0.5) is 11.5 Å². The van der Waals surface area contributed by atoms with Crippen molar-refractivity contribution in [3.05, 3.63) is 54.5 Å². The van der Waals surface area contributed by atoms with E-state index in [-0.39, 0.29) is 5.92 Å². The van der Waals surface area contributed by atoms with E-state index < -0.39 is 0 Å². The van der Waals surface area contributed by atoms with Gasteiger partial charge in [0, 0.05) is 43.2 Å². The fraction of sp³-hybridized carbons (Fsp3) is 0.350. The minimum absolute atomic E-state index is 0.286. The highest BCUT2D eigenvalue weighted by Gasteiger charge is 2.23. The Labute approximate surface area is 158 Å². The van der Waals surface area contributed by atoms with E-state index in [2.05, 4.69) is 32.5 Å². The van der Waals surface area contributed by atoms with E-state index in [0.29, 0.717) is 6.04 Å². The van der Waals surface area contributed by atoms with Crippen LogP contribution < -0.4 is 10.6 Å². The number of anilines is 2. The van der Waals surface area contributed by atoms with Gasteiger partial charge in [-0.2, -0.15) is 0 Å². The molecule has 4 rings (SSSR count). The molecule has 138 valence electrons. The molecule has 0 radical (unpaired) electrons. The second-order valence-electron chi connectivity index (χ2n) is 7.05. The van der Waals surface area contributed by atoms with Crippen LogP contribution in [0.5, 0.6) is 0 Å². The van der Waals surface area contributed by atoms with Gasteiger partial charge in [0.1, 0.15) is 17.3 Å². The predicted molar refractivity (Wildman–Crippen MR) is 105 cm³/mol. The van der Waals surface area contributed by atoms with Gasteiger partial charge in [0.25, 0.3) is 0 Å². The van der Waals surface area contributed by atoms with E-state index in [0.717, 1.165) is 53.7 Å². The Hall–Kier alpha value is -2.93.